The second kappa shape index (κ2) is 9.03. The van der Waals surface area contributed by atoms with Crippen molar-refractivity contribution in [2.75, 3.05) is 51.0 Å². The molecule has 0 unspecified atom stereocenters. The molecule has 0 spiro atoms. The maximum absolute atomic E-state index is 5.55. The van der Waals surface area contributed by atoms with Crippen LogP contribution in [0.15, 0.2) is 24.3 Å². The van der Waals surface area contributed by atoms with Crippen LogP contribution in [0.2, 0.25) is 0 Å². The number of anilines is 1. The zero-order valence-corrected chi connectivity index (χ0v) is 13.3. The fourth-order valence-electron chi connectivity index (χ4n) is 2.34. The van der Waals surface area contributed by atoms with Crippen molar-refractivity contribution in [3.8, 4) is 0 Å². The molecular formula is C17H28N2O2. The molecule has 1 N–H and O–H groups in total. The molecule has 0 radical (unpaired) electrons. The predicted octanol–water partition coefficient (Wildman–Crippen LogP) is 2.29. The summed E-state index contributed by atoms with van der Waals surface area (Å²) < 4.78 is 10.9. The minimum absolute atomic E-state index is 0.609. The second-order valence-electron chi connectivity index (χ2n) is 5.91. The molecule has 1 aromatic rings. The zero-order valence-electron chi connectivity index (χ0n) is 13.3. The summed E-state index contributed by atoms with van der Waals surface area (Å²) in [4.78, 5) is 2.38. The second-order valence-corrected chi connectivity index (χ2v) is 5.91. The number of rotatable bonds is 8. The first-order valence-corrected chi connectivity index (χ1v) is 7.96. The zero-order chi connectivity index (χ0) is 14.9. The van der Waals surface area contributed by atoms with Crippen LogP contribution in [0, 0.1) is 5.92 Å². The van der Waals surface area contributed by atoms with Crippen LogP contribution in [0.4, 0.5) is 5.69 Å². The summed E-state index contributed by atoms with van der Waals surface area (Å²) in [5.41, 5.74) is 2.61. The molecule has 1 heterocycles. The molecule has 4 nitrogen and oxygen atoms in total. The first-order chi connectivity index (χ1) is 10.3. The summed E-state index contributed by atoms with van der Waals surface area (Å²) >= 11 is 0. The lowest BCUT2D eigenvalue weighted by atomic mass is 10.2. The van der Waals surface area contributed by atoms with Gasteiger partial charge in [-0.25, -0.2) is 0 Å². The van der Waals surface area contributed by atoms with Gasteiger partial charge in [0.25, 0.3) is 0 Å². The quantitative estimate of drug-likeness (QED) is 0.745. The Hall–Kier alpha value is -1.10. The Morgan fingerprint density at radius 1 is 1.19 bits per heavy atom. The molecule has 0 aromatic heterocycles. The minimum Gasteiger partial charge on any atom is -0.380 e. The molecule has 1 aromatic carbocycles. The number of nitrogens with one attached hydrogen (secondary N) is 1. The molecule has 0 aliphatic carbocycles. The molecule has 1 aliphatic rings. The summed E-state index contributed by atoms with van der Waals surface area (Å²) in [5, 5.41) is 3.42. The van der Waals surface area contributed by atoms with Gasteiger partial charge in [0.2, 0.25) is 0 Å². The third kappa shape index (κ3) is 6.04. The van der Waals surface area contributed by atoms with Crippen molar-refractivity contribution in [3.63, 3.8) is 0 Å². The van der Waals surface area contributed by atoms with Gasteiger partial charge < -0.3 is 19.7 Å². The molecule has 118 valence electrons. The van der Waals surface area contributed by atoms with Crippen molar-refractivity contribution in [2.24, 2.45) is 5.92 Å². The van der Waals surface area contributed by atoms with Crippen molar-refractivity contribution in [3.05, 3.63) is 29.8 Å². The average molecular weight is 292 g/mol. The Balaban J connectivity index is 1.65. The van der Waals surface area contributed by atoms with E-state index in [1.807, 2.05) is 0 Å². The molecular weight excluding hydrogens is 264 g/mol. The highest BCUT2D eigenvalue weighted by Crippen LogP contribution is 2.16. The first-order valence-electron chi connectivity index (χ1n) is 7.96. The van der Waals surface area contributed by atoms with E-state index in [2.05, 4.69) is 48.3 Å². The summed E-state index contributed by atoms with van der Waals surface area (Å²) in [6.45, 7) is 11.4. The number of nitrogens with zero attached hydrogens (tertiary/aromatic N) is 1. The lowest BCUT2D eigenvalue weighted by Crippen LogP contribution is -2.36. The highest BCUT2D eigenvalue weighted by molar-refractivity contribution is 5.47. The fraction of sp³-hybridized carbons (Fsp3) is 0.647. The van der Waals surface area contributed by atoms with Gasteiger partial charge in [-0.1, -0.05) is 26.0 Å². The van der Waals surface area contributed by atoms with Gasteiger partial charge in [0.15, 0.2) is 0 Å². The number of hydrogen-bond acceptors (Lipinski definition) is 4. The molecule has 0 bridgehead atoms. The van der Waals surface area contributed by atoms with Crippen LogP contribution in [0.25, 0.3) is 0 Å². The third-order valence-corrected chi connectivity index (χ3v) is 3.52. The van der Waals surface area contributed by atoms with E-state index in [1.165, 1.54) is 11.3 Å². The van der Waals surface area contributed by atoms with Crippen molar-refractivity contribution in [1.29, 1.82) is 0 Å². The molecule has 0 atom stereocenters. The van der Waals surface area contributed by atoms with Gasteiger partial charge in [0.05, 0.1) is 19.8 Å². The molecule has 0 amide bonds. The molecule has 1 saturated heterocycles. The molecule has 21 heavy (non-hydrogen) atoms. The van der Waals surface area contributed by atoms with Gasteiger partial charge in [-0.2, -0.15) is 0 Å². The van der Waals surface area contributed by atoms with E-state index in [-0.39, 0.29) is 0 Å². The van der Waals surface area contributed by atoms with E-state index in [9.17, 15) is 0 Å². The van der Waals surface area contributed by atoms with Crippen LogP contribution in [0.1, 0.15) is 19.4 Å². The largest absolute Gasteiger partial charge is 0.380 e. The van der Waals surface area contributed by atoms with Gasteiger partial charge in [-0.15, -0.1) is 0 Å². The molecule has 1 fully saturated rings. The van der Waals surface area contributed by atoms with Crippen molar-refractivity contribution >= 4 is 5.69 Å². The average Bonchev–Trinajstić information content (AvgIpc) is 2.52. The number of morpholine rings is 1. The highest BCUT2D eigenvalue weighted by atomic mass is 16.5. The molecule has 2 rings (SSSR count). The summed E-state index contributed by atoms with van der Waals surface area (Å²) in [6, 6.07) is 8.81. The highest BCUT2D eigenvalue weighted by Gasteiger charge is 2.10. The van der Waals surface area contributed by atoms with Gasteiger partial charge >= 0.3 is 0 Å². The SMILES string of the molecule is CC(C)COCCNCc1ccc(N2CCOCC2)cc1. The summed E-state index contributed by atoms with van der Waals surface area (Å²) in [5.74, 6) is 0.609. The predicted molar refractivity (Wildman–Crippen MR) is 86.8 cm³/mol. The van der Waals surface area contributed by atoms with E-state index in [4.69, 9.17) is 9.47 Å². The summed E-state index contributed by atoms with van der Waals surface area (Å²) in [6.07, 6.45) is 0. The van der Waals surface area contributed by atoms with E-state index in [1.54, 1.807) is 0 Å². The maximum atomic E-state index is 5.55. The standard InChI is InChI=1S/C17H28N2O2/c1-15(2)14-21-10-7-18-13-16-3-5-17(6-4-16)19-8-11-20-12-9-19/h3-6,15,18H,7-14H2,1-2H3. The van der Waals surface area contributed by atoms with Crippen LogP contribution in [-0.4, -0.2) is 46.1 Å². The van der Waals surface area contributed by atoms with E-state index < -0.39 is 0 Å². The van der Waals surface area contributed by atoms with E-state index in [0.29, 0.717) is 5.92 Å². The van der Waals surface area contributed by atoms with Crippen LogP contribution < -0.4 is 10.2 Å². The van der Waals surface area contributed by atoms with Gasteiger partial charge in [-0.3, -0.25) is 0 Å². The smallest absolute Gasteiger partial charge is 0.0642 e. The third-order valence-electron chi connectivity index (χ3n) is 3.52. The Bertz CT molecular complexity index is 386. The van der Waals surface area contributed by atoms with E-state index in [0.717, 1.165) is 52.6 Å². The Kier molecular flexibility index (Phi) is 7.00. The normalized spacial score (nSPS) is 15.7. The van der Waals surface area contributed by atoms with Crippen molar-refractivity contribution < 1.29 is 9.47 Å². The topological polar surface area (TPSA) is 33.7 Å². The number of benzene rings is 1. The first kappa shape index (κ1) is 16.3. The van der Waals surface area contributed by atoms with Crippen LogP contribution in [0.5, 0.6) is 0 Å². The Morgan fingerprint density at radius 2 is 1.90 bits per heavy atom. The van der Waals surface area contributed by atoms with Gasteiger partial charge in [0.1, 0.15) is 0 Å². The van der Waals surface area contributed by atoms with Crippen molar-refractivity contribution in [1.82, 2.24) is 5.32 Å². The fourth-order valence-corrected chi connectivity index (χ4v) is 2.34. The minimum atomic E-state index is 0.609. The van der Waals surface area contributed by atoms with Crippen LogP contribution in [-0.2, 0) is 16.0 Å². The van der Waals surface area contributed by atoms with Crippen LogP contribution in [0.3, 0.4) is 0 Å². The molecule has 0 saturated carbocycles. The number of hydrogen-bond donors (Lipinski definition) is 1. The summed E-state index contributed by atoms with van der Waals surface area (Å²) in [7, 11) is 0. The Morgan fingerprint density at radius 3 is 2.57 bits per heavy atom. The Labute approximate surface area is 128 Å². The lowest BCUT2D eigenvalue weighted by Gasteiger charge is -2.28. The van der Waals surface area contributed by atoms with Crippen molar-refractivity contribution in [2.45, 2.75) is 20.4 Å². The lowest BCUT2D eigenvalue weighted by molar-refractivity contribution is 0.111. The van der Waals surface area contributed by atoms with Crippen LogP contribution >= 0.6 is 0 Å². The van der Waals surface area contributed by atoms with Gasteiger partial charge in [-0.05, 0) is 23.6 Å². The monoisotopic (exact) mass is 292 g/mol. The molecule has 4 heteroatoms. The van der Waals surface area contributed by atoms with E-state index >= 15 is 0 Å². The van der Waals surface area contributed by atoms with Gasteiger partial charge in [0, 0.05) is 38.5 Å². The maximum Gasteiger partial charge on any atom is 0.0642 e. The molecule has 1 aliphatic heterocycles. The number of ether oxygens (including phenoxy) is 2.